The highest BCUT2D eigenvalue weighted by Crippen LogP contribution is 2.30. The van der Waals surface area contributed by atoms with E-state index in [4.69, 9.17) is 0 Å². The summed E-state index contributed by atoms with van der Waals surface area (Å²) in [5.41, 5.74) is 2.39. The topological polar surface area (TPSA) is 78.7 Å². The number of halogens is 1. The van der Waals surface area contributed by atoms with Gasteiger partial charge in [0, 0.05) is 44.5 Å². The summed E-state index contributed by atoms with van der Waals surface area (Å²) in [4.78, 5) is 27.4. The van der Waals surface area contributed by atoms with Crippen molar-refractivity contribution < 1.29 is 14.1 Å². The summed E-state index contributed by atoms with van der Waals surface area (Å²) in [6, 6.07) is 20.6. The van der Waals surface area contributed by atoms with Gasteiger partial charge in [-0.05, 0) is 29.8 Å². The van der Waals surface area contributed by atoms with Gasteiger partial charge in [0.15, 0.2) is 0 Å². The molecule has 3 aromatic carbocycles. The number of anilines is 2. The first-order chi connectivity index (χ1) is 15.5. The number of rotatable bonds is 6. The number of hydrogen-bond donors (Lipinski definition) is 1. The van der Waals surface area contributed by atoms with Crippen molar-refractivity contribution in [2.45, 2.75) is 6.54 Å². The molecule has 1 fully saturated rings. The molecule has 1 heterocycles. The molecule has 0 unspecified atom stereocenters. The first-order valence-electron chi connectivity index (χ1n) is 10.4. The van der Waals surface area contributed by atoms with Crippen LogP contribution in [0.15, 0.2) is 72.8 Å². The van der Waals surface area contributed by atoms with Crippen LogP contribution < -0.4 is 10.2 Å². The number of benzene rings is 3. The van der Waals surface area contributed by atoms with E-state index in [1.165, 1.54) is 18.2 Å². The molecule has 0 aliphatic carbocycles. The standard InChI is InChI=1S/C24H23FN4O3/c25-21-9-5-4-8-20(21)24(30)28-14-12-27(13-15-28)19-10-11-23(29(31)32)22(16-19)26-17-18-6-2-1-3-7-18/h1-11,16,26H,12-15,17H2. The molecule has 1 N–H and O–H groups in total. The van der Waals surface area contributed by atoms with E-state index in [1.54, 1.807) is 29.2 Å². The second kappa shape index (κ2) is 9.47. The van der Waals surface area contributed by atoms with E-state index in [1.807, 2.05) is 30.3 Å². The Morgan fingerprint density at radius 1 is 0.969 bits per heavy atom. The lowest BCUT2D eigenvalue weighted by molar-refractivity contribution is -0.384. The van der Waals surface area contributed by atoms with E-state index < -0.39 is 10.7 Å². The lowest BCUT2D eigenvalue weighted by Crippen LogP contribution is -2.49. The maximum absolute atomic E-state index is 14.0. The molecule has 0 spiro atoms. The van der Waals surface area contributed by atoms with E-state index >= 15 is 0 Å². The van der Waals surface area contributed by atoms with E-state index in [0.717, 1.165) is 11.3 Å². The molecule has 8 heteroatoms. The monoisotopic (exact) mass is 434 g/mol. The van der Waals surface area contributed by atoms with Crippen LogP contribution in [0.25, 0.3) is 0 Å². The summed E-state index contributed by atoms with van der Waals surface area (Å²) in [5, 5.41) is 14.6. The van der Waals surface area contributed by atoms with Crippen LogP contribution >= 0.6 is 0 Å². The van der Waals surface area contributed by atoms with Crippen LogP contribution in [0.3, 0.4) is 0 Å². The number of piperazine rings is 1. The summed E-state index contributed by atoms with van der Waals surface area (Å²) in [6.45, 7) is 2.45. The molecule has 3 aromatic rings. The SMILES string of the molecule is O=C(c1ccccc1F)N1CCN(c2ccc([N+](=O)[O-])c(NCc3ccccc3)c2)CC1. The molecule has 1 amide bonds. The van der Waals surface area contributed by atoms with Gasteiger partial charge in [-0.1, -0.05) is 42.5 Å². The van der Waals surface area contributed by atoms with Crippen LogP contribution in [0, 0.1) is 15.9 Å². The molecule has 4 rings (SSSR count). The fourth-order valence-electron chi connectivity index (χ4n) is 3.79. The summed E-state index contributed by atoms with van der Waals surface area (Å²) in [5.74, 6) is -0.846. The van der Waals surface area contributed by atoms with Crippen LogP contribution in [-0.4, -0.2) is 41.9 Å². The number of nitro groups is 1. The third-order valence-corrected chi connectivity index (χ3v) is 5.54. The average Bonchev–Trinajstić information content (AvgIpc) is 2.83. The molecule has 0 saturated carbocycles. The molecule has 1 aliphatic heterocycles. The number of carbonyl (C=O) groups excluding carboxylic acids is 1. The lowest BCUT2D eigenvalue weighted by atomic mass is 10.1. The first kappa shape index (κ1) is 21.3. The Balaban J connectivity index is 1.45. The molecule has 0 atom stereocenters. The number of carbonyl (C=O) groups is 1. The molecule has 1 aliphatic rings. The molecule has 0 aromatic heterocycles. The van der Waals surface area contributed by atoms with Crippen molar-refractivity contribution >= 4 is 23.0 Å². The zero-order chi connectivity index (χ0) is 22.5. The van der Waals surface area contributed by atoms with Crippen LogP contribution in [0.4, 0.5) is 21.5 Å². The predicted octanol–water partition coefficient (Wildman–Crippen LogP) is 4.31. The minimum absolute atomic E-state index is 0.0121. The van der Waals surface area contributed by atoms with Gasteiger partial charge in [0.2, 0.25) is 0 Å². The fraction of sp³-hybridized carbons (Fsp3) is 0.208. The summed E-state index contributed by atoms with van der Waals surface area (Å²) < 4.78 is 14.0. The summed E-state index contributed by atoms with van der Waals surface area (Å²) >= 11 is 0. The highest BCUT2D eigenvalue weighted by Gasteiger charge is 2.25. The van der Waals surface area contributed by atoms with E-state index in [2.05, 4.69) is 10.2 Å². The van der Waals surface area contributed by atoms with Crippen LogP contribution in [0.5, 0.6) is 0 Å². The van der Waals surface area contributed by atoms with Crippen molar-refractivity contribution in [3.63, 3.8) is 0 Å². The van der Waals surface area contributed by atoms with Crippen molar-refractivity contribution in [2.24, 2.45) is 0 Å². The molecule has 7 nitrogen and oxygen atoms in total. The molecule has 32 heavy (non-hydrogen) atoms. The van der Waals surface area contributed by atoms with Crippen LogP contribution in [-0.2, 0) is 6.54 Å². The maximum atomic E-state index is 14.0. The Bertz CT molecular complexity index is 1120. The van der Waals surface area contributed by atoms with Crippen molar-refractivity contribution in [3.05, 3.63) is 99.9 Å². The Morgan fingerprint density at radius 3 is 2.34 bits per heavy atom. The third-order valence-electron chi connectivity index (χ3n) is 5.54. The van der Waals surface area contributed by atoms with Crippen LogP contribution in [0.2, 0.25) is 0 Å². The first-order valence-corrected chi connectivity index (χ1v) is 10.4. The smallest absolute Gasteiger partial charge is 0.292 e. The number of nitrogens with one attached hydrogen (secondary N) is 1. The number of nitro benzene ring substituents is 1. The lowest BCUT2D eigenvalue weighted by Gasteiger charge is -2.36. The highest BCUT2D eigenvalue weighted by molar-refractivity contribution is 5.94. The average molecular weight is 434 g/mol. The predicted molar refractivity (Wildman–Crippen MR) is 121 cm³/mol. The van der Waals surface area contributed by atoms with E-state index in [9.17, 15) is 19.3 Å². The van der Waals surface area contributed by atoms with E-state index in [-0.39, 0.29) is 17.2 Å². The number of nitrogens with zero attached hydrogens (tertiary/aromatic N) is 3. The van der Waals surface area contributed by atoms with Crippen LogP contribution in [0.1, 0.15) is 15.9 Å². The Hall–Kier alpha value is -3.94. The van der Waals surface area contributed by atoms with Gasteiger partial charge in [-0.3, -0.25) is 14.9 Å². The van der Waals surface area contributed by atoms with E-state index in [0.29, 0.717) is 38.4 Å². The zero-order valence-corrected chi connectivity index (χ0v) is 17.4. The summed E-state index contributed by atoms with van der Waals surface area (Å²) in [6.07, 6.45) is 0. The van der Waals surface area contributed by atoms with Gasteiger partial charge in [0.25, 0.3) is 11.6 Å². The van der Waals surface area contributed by atoms with Crippen molar-refractivity contribution in [1.82, 2.24) is 4.90 Å². The minimum atomic E-state index is -0.524. The number of amides is 1. The molecule has 1 saturated heterocycles. The van der Waals surface area contributed by atoms with Gasteiger partial charge < -0.3 is 15.1 Å². The Kier molecular flexibility index (Phi) is 6.30. The second-order valence-electron chi connectivity index (χ2n) is 7.56. The Labute approximate surface area is 185 Å². The second-order valence-corrected chi connectivity index (χ2v) is 7.56. The fourth-order valence-corrected chi connectivity index (χ4v) is 3.79. The summed E-state index contributed by atoms with van der Waals surface area (Å²) in [7, 11) is 0. The van der Waals surface area contributed by atoms with Crippen molar-refractivity contribution in [2.75, 3.05) is 36.4 Å². The van der Waals surface area contributed by atoms with Gasteiger partial charge in [-0.25, -0.2) is 4.39 Å². The Morgan fingerprint density at radius 2 is 1.66 bits per heavy atom. The molecular weight excluding hydrogens is 411 g/mol. The van der Waals surface area contributed by atoms with Gasteiger partial charge in [-0.15, -0.1) is 0 Å². The van der Waals surface area contributed by atoms with Gasteiger partial charge >= 0.3 is 0 Å². The normalized spacial score (nSPS) is 13.7. The minimum Gasteiger partial charge on any atom is -0.375 e. The largest absolute Gasteiger partial charge is 0.375 e. The van der Waals surface area contributed by atoms with Gasteiger partial charge in [0.1, 0.15) is 11.5 Å². The molecule has 0 bridgehead atoms. The van der Waals surface area contributed by atoms with Crippen molar-refractivity contribution in [3.8, 4) is 0 Å². The quantitative estimate of drug-likeness (QED) is 0.462. The molecule has 0 radical (unpaired) electrons. The molecular formula is C24H23FN4O3. The molecule has 164 valence electrons. The maximum Gasteiger partial charge on any atom is 0.292 e. The van der Waals surface area contributed by atoms with Crippen molar-refractivity contribution in [1.29, 1.82) is 0 Å². The van der Waals surface area contributed by atoms with Gasteiger partial charge in [-0.2, -0.15) is 0 Å². The highest BCUT2D eigenvalue weighted by atomic mass is 19.1. The number of hydrogen-bond acceptors (Lipinski definition) is 5. The zero-order valence-electron chi connectivity index (χ0n) is 17.4. The third kappa shape index (κ3) is 4.69. The van der Waals surface area contributed by atoms with Gasteiger partial charge in [0.05, 0.1) is 10.5 Å².